The lowest BCUT2D eigenvalue weighted by atomic mass is 10.1. The van der Waals surface area contributed by atoms with Crippen molar-refractivity contribution < 1.29 is 42.9 Å². The number of aliphatic carboxylic acids is 1. The molecular formula is C80H126NO8+. The maximum Gasteiger partial charge on any atom is 0.361 e. The van der Waals surface area contributed by atoms with Gasteiger partial charge in [0.15, 0.2) is 6.10 Å². The Morgan fingerprint density at radius 2 is 0.607 bits per heavy atom. The predicted molar refractivity (Wildman–Crippen MR) is 382 cm³/mol. The fraction of sp³-hybridized carbons (Fsp3) is 0.562. The number of carbonyl (C=O) groups excluding carboxylic acids is 2. The normalized spacial score (nSPS) is 13.9. The molecule has 0 rings (SSSR count). The fourth-order valence-corrected chi connectivity index (χ4v) is 8.63. The van der Waals surface area contributed by atoms with Gasteiger partial charge in [0.2, 0.25) is 0 Å². The summed E-state index contributed by atoms with van der Waals surface area (Å²) >= 11 is 0. The van der Waals surface area contributed by atoms with Gasteiger partial charge in [-0.15, -0.1) is 0 Å². The number of esters is 2. The highest BCUT2D eigenvalue weighted by atomic mass is 16.7. The van der Waals surface area contributed by atoms with E-state index in [1.54, 1.807) is 0 Å². The van der Waals surface area contributed by atoms with Crippen LogP contribution in [0.15, 0.2) is 194 Å². The van der Waals surface area contributed by atoms with Crippen molar-refractivity contribution >= 4 is 17.9 Å². The molecule has 0 aliphatic rings. The molecule has 1 N–H and O–H groups in total. The van der Waals surface area contributed by atoms with Gasteiger partial charge in [0.05, 0.1) is 34.4 Å². The van der Waals surface area contributed by atoms with Crippen LogP contribution in [0.4, 0.5) is 0 Å². The Hall–Kier alpha value is -5.87. The van der Waals surface area contributed by atoms with Crippen molar-refractivity contribution in [2.24, 2.45) is 0 Å². The van der Waals surface area contributed by atoms with E-state index >= 15 is 0 Å². The van der Waals surface area contributed by atoms with Crippen LogP contribution < -0.4 is 0 Å². The number of unbranched alkanes of at least 4 members (excludes halogenated alkanes) is 14. The van der Waals surface area contributed by atoms with Crippen molar-refractivity contribution in [3.8, 4) is 0 Å². The molecule has 0 aromatic rings. The van der Waals surface area contributed by atoms with E-state index in [0.717, 1.165) is 167 Å². The molecule has 0 fully saturated rings. The highest BCUT2D eigenvalue weighted by molar-refractivity contribution is 5.71. The molecule has 0 aromatic heterocycles. The van der Waals surface area contributed by atoms with E-state index in [1.165, 1.54) is 32.1 Å². The number of nitrogens with zero attached hydrogens (tertiary/aromatic N) is 1. The Morgan fingerprint density at radius 3 is 0.899 bits per heavy atom. The molecule has 0 radical (unpaired) electrons. The molecule has 0 saturated carbocycles. The number of likely N-dealkylation sites (N-methyl/N-ethyl adjacent to an activating group) is 1. The molecule has 0 aliphatic carbocycles. The first kappa shape index (κ1) is 83.1. The van der Waals surface area contributed by atoms with Crippen LogP contribution in [0, 0.1) is 0 Å². The van der Waals surface area contributed by atoms with E-state index in [1.807, 2.05) is 21.1 Å². The summed E-state index contributed by atoms with van der Waals surface area (Å²) in [4.78, 5) is 37.6. The number of rotatable bonds is 61. The van der Waals surface area contributed by atoms with E-state index < -0.39 is 24.3 Å². The topological polar surface area (TPSA) is 108 Å². The quantitative estimate of drug-likeness (QED) is 0.0211. The summed E-state index contributed by atoms with van der Waals surface area (Å²) in [5.41, 5.74) is 0. The first-order valence-electron chi connectivity index (χ1n) is 34.6. The molecule has 0 bridgehead atoms. The smallest absolute Gasteiger partial charge is 0.361 e. The highest BCUT2D eigenvalue weighted by Gasteiger charge is 2.25. The zero-order valence-corrected chi connectivity index (χ0v) is 56.8. The van der Waals surface area contributed by atoms with Crippen molar-refractivity contribution in [1.29, 1.82) is 0 Å². The number of hydrogen-bond donors (Lipinski definition) is 1. The van der Waals surface area contributed by atoms with Crippen molar-refractivity contribution in [1.82, 2.24) is 0 Å². The van der Waals surface area contributed by atoms with Crippen LogP contribution >= 0.6 is 0 Å². The second-order valence-corrected chi connectivity index (χ2v) is 23.4. The summed E-state index contributed by atoms with van der Waals surface area (Å²) in [5.74, 6) is -2.06. The third-order valence-corrected chi connectivity index (χ3v) is 13.8. The van der Waals surface area contributed by atoms with Gasteiger partial charge in [0.1, 0.15) is 13.2 Å². The van der Waals surface area contributed by atoms with E-state index in [4.69, 9.17) is 18.9 Å². The Kier molecular flexibility index (Phi) is 63.6. The Labute approximate surface area is 544 Å². The maximum absolute atomic E-state index is 12.9. The monoisotopic (exact) mass is 1230 g/mol. The van der Waals surface area contributed by atoms with Crippen molar-refractivity contribution in [3.63, 3.8) is 0 Å². The Bertz CT molecular complexity index is 2160. The van der Waals surface area contributed by atoms with Crippen LogP contribution in [0.3, 0.4) is 0 Å². The number of quaternary nitrogens is 1. The minimum atomic E-state index is -1.53. The molecule has 0 saturated heterocycles. The molecule has 0 spiro atoms. The first-order valence-corrected chi connectivity index (χ1v) is 34.6. The second-order valence-electron chi connectivity index (χ2n) is 23.4. The van der Waals surface area contributed by atoms with Crippen molar-refractivity contribution in [2.45, 2.75) is 245 Å². The molecule has 9 heteroatoms. The number of carboxylic acid groups (broad SMARTS) is 1. The van der Waals surface area contributed by atoms with Gasteiger partial charge in [-0.05, 0) is 141 Å². The number of carboxylic acids is 1. The average Bonchev–Trinajstić information content (AvgIpc) is 3.64. The number of hydrogen-bond acceptors (Lipinski definition) is 7. The molecule has 2 atom stereocenters. The van der Waals surface area contributed by atoms with E-state index in [-0.39, 0.29) is 38.6 Å². The van der Waals surface area contributed by atoms with Gasteiger partial charge in [0.25, 0.3) is 6.29 Å². The van der Waals surface area contributed by atoms with E-state index in [0.29, 0.717) is 17.4 Å². The standard InChI is InChI=1S/C80H125NO8/c1-6-8-10-12-14-16-18-20-22-24-26-28-30-32-33-34-35-36-37-38-39-40-41-42-43-44-45-47-49-51-53-55-57-59-61-63-65-67-69-71-78(83)89-76(75-88-80(79(84)85)86-73-72-81(3,4)5)74-87-77(82)70-68-66-64-62-60-58-56-54-52-50-48-46-31-29-27-25-23-21-19-17-15-13-11-9-7-2/h8-11,14-17,20-23,26-29,32-33,35-36,38-39,41-42,44-46,48-49,51,55,57,76,80H,6-7,12-13,18-19,24-25,30-31,34,37,40,43,47,50,52-54,56,58-75H2,1-5H3/p+1/b10-8-,11-9-,16-14-,17-15-,22-20-,23-21-,28-26-,29-27-,33-32-,36-35-,39-38-,42-41-,45-44-,48-46-,51-49-,57-55-. The third-order valence-electron chi connectivity index (χ3n) is 13.8. The molecule has 0 aromatic carbocycles. The molecule has 498 valence electrons. The maximum atomic E-state index is 12.9. The van der Waals surface area contributed by atoms with Crippen LogP contribution in [0.2, 0.25) is 0 Å². The summed E-state index contributed by atoms with van der Waals surface area (Å²) in [6.45, 7) is 4.59. The molecule has 9 nitrogen and oxygen atoms in total. The Balaban J connectivity index is 4.27. The summed E-state index contributed by atoms with van der Waals surface area (Å²) in [6, 6.07) is 0. The average molecular weight is 1230 g/mol. The molecule has 0 aliphatic heterocycles. The summed E-state index contributed by atoms with van der Waals surface area (Å²) in [7, 11) is 5.95. The van der Waals surface area contributed by atoms with Crippen molar-refractivity contribution in [3.05, 3.63) is 194 Å². The van der Waals surface area contributed by atoms with E-state index in [2.05, 4.69) is 208 Å². The van der Waals surface area contributed by atoms with Crippen LogP contribution in [-0.4, -0.2) is 87.4 Å². The summed E-state index contributed by atoms with van der Waals surface area (Å²) < 4.78 is 22.9. The summed E-state index contributed by atoms with van der Waals surface area (Å²) in [6.07, 6.45) is 102. The zero-order chi connectivity index (χ0) is 64.7. The fourth-order valence-electron chi connectivity index (χ4n) is 8.63. The highest BCUT2D eigenvalue weighted by Crippen LogP contribution is 2.14. The van der Waals surface area contributed by atoms with Crippen LogP contribution in [0.25, 0.3) is 0 Å². The predicted octanol–water partition coefficient (Wildman–Crippen LogP) is 21.8. The van der Waals surface area contributed by atoms with Gasteiger partial charge in [-0.3, -0.25) is 9.59 Å². The third kappa shape index (κ3) is 69.5. The van der Waals surface area contributed by atoms with Gasteiger partial charge in [-0.1, -0.05) is 272 Å². The number of ether oxygens (including phenoxy) is 4. The SMILES string of the molecule is CC/C=C\C/C=C\C/C=C\C/C=C\C/C=C\C/C=C\C/C=C\C/C=C\C/C=C\C/C=C\C/C=C\CCCCCCCC(=O)OC(COC(=O)CCCCCCCCCCC/C=C\C/C=C\C/C=C\C/C=C\C/C=C\CC)COC(OCC[N+](C)(C)C)C(=O)O. The molecule has 0 heterocycles. The number of carbonyl (C=O) groups is 3. The van der Waals surface area contributed by atoms with Gasteiger partial charge < -0.3 is 28.5 Å². The lowest BCUT2D eigenvalue weighted by Crippen LogP contribution is -2.40. The van der Waals surface area contributed by atoms with E-state index in [9.17, 15) is 19.5 Å². The molecule has 2 unspecified atom stereocenters. The van der Waals surface area contributed by atoms with Crippen molar-refractivity contribution in [2.75, 3.05) is 47.5 Å². The van der Waals surface area contributed by atoms with Gasteiger partial charge in [-0.2, -0.15) is 0 Å². The first-order chi connectivity index (χ1) is 43.6. The second kappa shape index (κ2) is 68.0. The lowest BCUT2D eigenvalue weighted by Gasteiger charge is -2.25. The minimum absolute atomic E-state index is 0.171. The Morgan fingerprint density at radius 1 is 0.337 bits per heavy atom. The minimum Gasteiger partial charge on any atom is -0.477 e. The van der Waals surface area contributed by atoms with Crippen LogP contribution in [0.1, 0.15) is 232 Å². The number of allylic oxidation sites excluding steroid dienone is 32. The van der Waals surface area contributed by atoms with Crippen LogP contribution in [0.5, 0.6) is 0 Å². The van der Waals surface area contributed by atoms with Crippen LogP contribution in [-0.2, 0) is 33.3 Å². The molecule has 0 amide bonds. The van der Waals surface area contributed by atoms with Gasteiger partial charge in [-0.25, -0.2) is 4.79 Å². The zero-order valence-electron chi connectivity index (χ0n) is 56.8. The largest absolute Gasteiger partial charge is 0.477 e. The summed E-state index contributed by atoms with van der Waals surface area (Å²) in [5, 5.41) is 9.74. The molecular weight excluding hydrogens is 1100 g/mol. The lowest BCUT2D eigenvalue weighted by molar-refractivity contribution is -0.870. The van der Waals surface area contributed by atoms with Gasteiger partial charge >= 0.3 is 17.9 Å². The van der Waals surface area contributed by atoms with Gasteiger partial charge in [0, 0.05) is 12.8 Å². The molecule has 89 heavy (non-hydrogen) atoms.